The number of para-hydroxylation sites is 2. The van der Waals surface area contributed by atoms with E-state index in [1.807, 2.05) is 12.1 Å². The number of methoxy groups -OCH3 is 1. The van der Waals surface area contributed by atoms with Crippen molar-refractivity contribution < 1.29 is 22.7 Å². The van der Waals surface area contributed by atoms with Gasteiger partial charge in [-0.25, -0.2) is 13.6 Å². The van der Waals surface area contributed by atoms with Gasteiger partial charge in [0.05, 0.1) is 25.0 Å². The smallest absolute Gasteiger partial charge is 0.238 e. The summed E-state index contributed by atoms with van der Waals surface area (Å²) >= 11 is 0. The van der Waals surface area contributed by atoms with Crippen molar-refractivity contribution in [3.8, 4) is 11.5 Å². The lowest BCUT2D eigenvalue weighted by Crippen LogP contribution is -2.16. The molecule has 0 heterocycles. The fourth-order valence-corrected chi connectivity index (χ4v) is 2.46. The SMILES string of the molecule is COc1ccccc1OCCC(=O)Nc1ccc(S(N)(=O)=O)cc1. The Morgan fingerprint density at radius 1 is 1.08 bits per heavy atom. The zero-order chi connectivity index (χ0) is 17.6. The minimum atomic E-state index is -3.74. The second kappa shape index (κ2) is 7.80. The summed E-state index contributed by atoms with van der Waals surface area (Å²) in [6.45, 7) is 0.182. The number of nitrogens with two attached hydrogens (primary N) is 1. The summed E-state index contributed by atoms with van der Waals surface area (Å²) in [5.74, 6) is 0.898. The summed E-state index contributed by atoms with van der Waals surface area (Å²) in [5, 5.41) is 7.66. The highest BCUT2D eigenvalue weighted by molar-refractivity contribution is 7.89. The van der Waals surface area contributed by atoms with Crippen LogP contribution in [0.5, 0.6) is 11.5 Å². The third kappa shape index (κ3) is 4.97. The quantitative estimate of drug-likeness (QED) is 0.791. The molecule has 0 saturated carbocycles. The topological polar surface area (TPSA) is 108 Å². The van der Waals surface area contributed by atoms with E-state index in [1.165, 1.54) is 24.3 Å². The Morgan fingerprint density at radius 2 is 1.71 bits per heavy atom. The molecule has 2 aromatic rings. The summed E-state index contributed by atoms with van der Waals surface area (Å²) in [4.78, 5) is 11.9. The molecule has 0 atom stereocenters. The lowest BCUT2D eigenvalue weighted by atomic mass is 10.3. The van der Waals surface area contributed by atoms with Gasteiger partial charge in [0.1, 0.15) is 0 Å². The van der Waals surface area contributed by atoms with Gasteiger partial charge in [-0.3, -0.25) is 4.79 Å². The van der Waals surface area contributed by atoms with Crippen LogP contribution in [0.15, 0.2) is 53.4 Å². The minimum Gasteiger partial charge on any atom is -0.493 e. The van der Waals surface area contributed by atoms with Crippen LogP contribution in [-0.4, -0.2) is 28.0 Å². The Morgan fingerprint density at radius 3 is 2.29 bits per heavy atom. The molecular weight excluding hydrogens is 332 g/mol. The molecular formula is C16H18N2O5S. The van der Waals surface area contributed by atoms with Crippen molar-refractivity contribution in [3.05, 3.63) is 48.5 Å². The Bertz CT molecular complexity index is 803. The van der Waals surface area contributed by atoms with Gasteiger partial charge >= 0.3 is 0 Å². The van der Waals surface area contributed by atoms with Crippen molar-refractivity contribution in [1.29, 1.82) is 0 Å². The van der Waals surface area contributed by atoms with Crippen LogP contribution < -0.4 is 19.9 Å². The van der Waals surface area contributed by atoms with Gasteiger partial charge in [-0.1, -0.05) is 12.1 Å². The van der Waals surface area contributed by atoms with Gasteiger partial charge in [0.2, 0.25) is 15.9 Å². The molecule has 0 aliphatic carbocycles. The molecule has 0 radical (unpaired) electrons. The average molecular weight is 350 g/mol. The van der Waals surface area contributed by atoms with Gasteiger partial charge < -0.3 is 14.8 Å². The van der Waals surface area contributed by atoms with E-state index in [9.17, 15) is 13.2 Å². The van der Waals surface area contributed by atoms with Gasteiger partial charge in [-0.05, 0) is 36.4 Å². The molecule has 128 valence electrons. The average Bonchev–Trinajstić information content (AvgIpc) is 2.55. The zero-order valence-electron chi connectivity index (χ0n) is 13.1. The van der Waals surface area contributed by atoms with Crippen molar-refractivity contribution in [1.82, 2.24) is 0 Å². The fraction of sp³-hybridized carbons (Fsp3) is 0.188. The maximum atomic E-state index is 11.9. The van der Waals surface area contributed by atoms with Crippen LogP contribution in [0.2, 0.25) is 0 Å². The number of benzene rings is 2. The fourth-order valence-electron chi connectivity index (χ4n) is 1.94. The van der Waals surface area contributed by atoms with Gasteiger partial charge in [-0.2, -0.15) is 0 Å². The molecule has 3 N–H and O–H groups in total. The van der Waals surface area contributed by atoms with Crippen molar-refractivity contribution in [3.63, 3.8) is 0 Å². The Balaban J connectivity index is 1.85. The molecule has 2 aromatic carbocycles. The van der Waals surface area contributed by atoms with E-state index in [2.05, 4.69) is 5.32 Å². The van der Waals surface area contributed by atoms with Crippen LogP contribution in [-0.2, 0) is 14.8 Å². The standard InChI is InChI=1S/C16H18N2O5S/c1-22-14-4-2-3-5-15(14)23-11-10-16(19)18-12-6-8-13(9-7-12)24(17,20)21/h2-9H,10-11H2,1H3,(H,18,19)(H2,17,20,21). The molecule has 7 nitrogen and oxygen atoms in total. The molecule has 24 heavy (non-hydrogen) atoms. The number of hydrogen-bond acceptors (Lipinski definition) is 5. The highest BCUT2D eigenvalue weighted by Gasteiger charge is 2.09. The van der Waals surface area contributed by atoms with Crippen LogP contribution in [0.3, 0.4) is 0 Å². The first-order valence-electron chi connectivity index (χ1n) is 7.08. The molecule has 0 bridgehead atoms. The first-order chi connectivity index (χ1) is 11.4. The maximum absolute atomic E-state index is 11.9. The van der Waals surface area contributed by atoms with Gasteiger partial charge in [-0.15, -0.1) is 0 Å². The Hall–Kier alpha value is -2.58. The van der Waals surface area contributed by atoms with E-state index >= 15 is 0 Å². The number of sulfonamides is 1. The van der Waals surface area contributed by atoms with E-state index in [4.69, 9.17) is 14.6 Å². The number of hydrogen-bond donors (Lipinski definition) is 2. The summed E-state index contributed by atoms with van der Waals surface area (Å²) in [5.41, 5.74) is 0.477. The second-order valence-corrected chi connectivity index (χ2v) is 6.43. The lowest BCUT2D eigenvalue weighted by molar-refractivity contribution is -0.116. The summed E-state index contributed by atoms with van der Waals surface area (Å²) in [6.07, 6.45) is 0.134. The molecule has 0 unspecified atom stereocenters. The predicted molar refractivity (Wildman–Crippen MR) is 89.6 cm³/mol. The highest BCUT2D eigenvalue weighted by atomic mass is 32.2. The molecule has 0 saturated heterocycles. The third-order valence-electron chi connectivity index (χ3n) is 3.12. The van der Waals surface area contributed by atoms with Crippen molar-refractivity contribution >= 4 is 21.6 Å². The predicted octanol–water partition coefficient (Wildman–Crippen LogP) is 1.75. The van der Waals surface area contributed by atoms with E-state index in [0.717, 1.165) is 0 Å². The molecule has 0 aliphatic heterocycles. The summed E-state index contributed by atoms with van der Waals surface area (Å²) in [6, 6.07) is 12.8. The lowest BCUT2D eigenvalue weighted by Gasteiger charge is -2.10. The van der Waals surface area contributed by atoms with Crippen molar-refractivity contribution in [2.45, 2.75) is 11.3 Å². The largest absolute Gasteiger partial charge is 0.493 e. The van der Waals surface area contributed by atoms with Gasteiger partial charge in [0.25, 0.3) is 0 Å². The molecule has 2 rings (SSSR count). The third-order valence-corrected chi connectivity index (χ3v) is 4.05. The molecule has 0 aromatic heterocycles. The van der Waals surface area contributed by atoms with Crippen molar-refractivity contribution in [2.75, 3.05) is 19.0 Å². The number of rotatable bonds is 7. The minimum absolute atomic E-state index is 0.0139. The number of primary sulfonamides is 1. The van der Waals surface area contributed by atoms with Gasteiger partial charge in [0, 0.05) is 5.69 Å². The number of nitrogens with one attached hydrogen (secondary N) is 1. The van der Waals surface area contributed by atoms with Crippen LogP contribution in [0.4, 0.5) is 5.69 Å². The van der Waals surface area contributed by atoms with Crippen LogP contribution in [0, 0.1) is 0 Å². The second-order valence-electron chi connectivity index (χ2n) is 4.87. The van der Waals surface area contributed by atoms with Gasteiger partial charge in [0.15, 0.2) is 11.5 Å². The van der Waals surface area contributed by atoms with E-state index in [0.29, 0.717) is 17.2 Å². The molecule has 0 spiro atoms. The monoisotopic (exact) mass is 350 g/mol. The number of carbonyl (C=O) groups is 1. The van der Waals surface area contributed by atoms with E-state index in [-0.39, 0.29) is 23.8 Å². The molecule has 0 aliphatic rings. The normalized spacial score (nSPS) is 10.9. The van der Waals surface area contributed by atoms with Crippen LogP contribution >= 0.6 is 0 Å². The Labute approximate surface area is 140 Å². The van der Waals surface area contributed by atoms with Crippen LogP contribution in [0.1, 0.15) is 6.42 Å². The molecule has 1 amide bonds. The number of amides is 1. The highest BCUT2D eigenvalue weighted by Crippen LogP contribution is 2.25. The number of carbonyl (C=O) groups excluding carboxylic acids is 1. The summed E-state index contributed by atoms with van der Waals surface area (Å²) < 4.78 is 33.0. The molecule has 8 heteroatoms. The first kappa shape index (κ1) is 17.8. The summed E-state index contributed by atoms with van der Waals surface area (Å²) in [7, 11) is -2.20. The molecule has 0 fully saturated rings. The van der Waals surface area contributed by atoms with Crippen molar-refractivity contribution in [2.24, 2.45) is 5.14 Å². The van der Waals surface area contributed by atoms with E-state index < -0.39 is 10.0 Å². The Kier molecular flexibility index (Phi) is 5.78. The number of anilines is 1. The van der Waals surface area contributed by atoms with E-state index in [1.54, 1.807) is 19.2 Å². The first-order valence-corrected chi connectivity index (χ1v) is 8.63. The van der Waals surface area contributed by atoms with Crippen LogP contribution in [0.25, 0.3) is 0 Å². The maximum Gasteiger partial charge on any atom is 0.238 e. The number of ether oxygens (including phenoxy) is 2. The zero-order valence-corrected chi connectivity index (χ0v) is 13.9.